The van der Waals surface area contributed by atoms with E-state index in [-0.39, 0.29) is 5.92 Å². The van der Waals surface area contributed by atoms with E-state index in [0.29, 0.717) is 11.5 Å². The van der Waals surface area contributed by atoms with E-state index in [4.69, 9.17) is 0 Å². The first-order valence-electron chi connectivity index (χ1n) is 6.53. The van der Waals surface area contributed by atoms with Gasteiger partial charge in [-0.15, -0.1) is 0 Å². The molecule has 0 N–H and O–H groups in total. The van der Waals surface area contributed by atoms with E-state index in [1.165, 1.54) is 6.07 Å². The van der Waals surface area contributed by atoms with Crippen molar-refractivity contribution in [2.45, 2.75) is 52.4 Å². The molecule has 0 aliphatic carbocycles. The molecule has 2 heteroatoms. The highest BCUT2D eigenvalue weighted by atomic mass is 19.1. The van der Waals surface area contributed by atoms with Gasteiger partial charge >= 0.3 is 0 Å². The number of halogens is 2. The van der Waals surface area contributed by atoms with Gasteiger partial charge in [0.1, 0.15) is 11.6 Å². The molecule has 0 heterocycles. The van der Waals surface area contributed by atoms with Gasteiger partial charge in [0.2, 0.25) is 0 Å². The van der Waals surface area contributed by atoms with E-state index >= 15 is 0 Å². The lowest BCUT2D eigenvalue weighted by Gasteiger charge is -2.18. The third-order valence-corrected chi connectivity index (χ3v) is 3.60. The molecule has 17 heavy (non-hydrogen) atoms. The summed E-state index contributed by atoms with van der Waals surface area (Å²) in [6.45, 7) is 6.45. The zero-order valence-corrected chi connectivity index (χ0v) is 11.0. The van der Waals surface area contributed by atoms with E-state index in [9.17, 15) is 8.78 Å². The van der Waals surface area contributed by atoms with Gasteiger partial charge in [0.15, 0.2) is 0 Å². The molecule has 96 valence electrons. The number of benzene rings is 1. The molecule has 0 saturated carbocycles. The van der Waals surface area contributed by atoms with E-state index in [1.54, 1.807) is 6.07 Å². The Balaban J connectivity index is 2.72. The van der Waals surface area contributed by atoms with E-state index in [2.05, 4.69) is 20.8 Å². The van der Waals surface area contributed by atoms with Crippen LogP contribution in [0.2, 0.25) is 0 Å². The lowest BCUT2D eigenvalue weighted by atomic mass is 9.88. The Morgan fingerprint density at radius 3 is 2.29 bits per heavy atom. The first-order chi connectivity index (χ1) is 8.08. The SMILES string of the molecule is CCC(C)CCC(CC)c1ccc(F)cc1F. The van der Waals surface area contributed by atoms with Crippen molar-refractivity contribution in [3.05, 3.63) is 35.4 Å². The van der Waals surface area contributed by atoms with Crippen LogP contribution >= 0.6 is 0 Å². The summed E-state index contributed by atoms with van der Waals surface area (Å²) < 4.78 is 26.5. The Kier molecular flexibility index (Phi) is 5.60. The van der Waals surface area contributed by atoms with Crippen molar-refractivity contribution in [1.29, 1.82) is 0 Å². The molecule has 0 spiro atoms. The smallest absolute Gasteiger partial charge is 0.129 e. The van der Waals surface area contributed by atoms with E-state index in [1.807, 2.05) is 0 Å². The molecular weight excluding hydrogens is 218 g/mol. The molecule has 0 aromatic heterocycles. The Morgan fingerprint density at radius 2 is 1.76 bits per heavy atom. The van der Waals surface area contributed by atoms with Gasteiger partial charge in [0.25, 0.3) is 0 Å². The number of hydrogen-bond acceptors (Lipinski definition) is 0. The molecule has 0 amide bonds. The number of rotatable bonds is 6. The first kappa shape index (κ1) is 14.1. The summed E-state index contributed by atoms with van der Waals surface area (Å²) in [6, 6.07) is 3.93. The highest BCUT2D eigenvalue weighted by molar-refractivity contribution is 5.22. The maximum atomic E-state index is 13.7. The van der Waals surface area contributed by atoms with Crippen molar-refractivity contribution in [2.75, 3.05) is 0 Å². The molecule has 0 radical (unpaired) electrons. The van der Waals surface area contributed by atoms with Crippen LogP contribution in [0.4, 0.5) is 8.78 Å². The monoisotopic (exact) mass is 240 g/mol. The van der Waals surface area contributed by atoms with Crippen LogP contribution in [-0.2, 0) is 0 Å². The summed E-state index contributed by atoms with van der Waals surface area (Å²) in [5, 5.41) is 0. The van der Waals surface area contributed by atoms with Crippen molar-refractivity contribution >= 4 is 0 Å². The summed E-state index contributed by atoms with van der Waals surface area (Å²) in [4.78, 5) is 0. The van der Waals surface area contributed by atoms with Gasteiger partial charge in [-0.1, -0.05) is 39.7 Å². The van der Waals surface area contributed by atoms with Crippen molar-refractivity contribution in [2.24, 2.45) is 5.92 Å². The summed E-state index contributed by atoms with van der Waals surface area (Å²) in [5.41, 5.74) is 0.664. The van der Waals surface area contributed by atoms with Crippen molar-refractivity contribution in [3.8, 4) is 0 Å². The van der Waals surface area contributed by atoms with Gasteiger partial charge < -0.3 is 0 Å². The lowest BCUT2D eigenvalue weighted by molar-refractivity contribution is 0.443. The largest absolute Gasteiger partial charge is 0.207 e. The van der Waals surface area contributed by atoms with Gasteiger partial charge in [0.05, 0.1) is 0 Å². The van der Waals surface area contributed by atoms with Gasteiger partial charge in [-0.25, -0.2) is 8.78 Å². The van der Waals surface area contributed by atoms with Crippen molar-refractivity contribution in [3.63, 3.8) is 0 Å². The van der Waals surface area contributed by atoms with Gasteiger partial charge in [-0.05, 0) is 36.3 Å². The summed E-state index contributed by atoms with van der Waals surface area (Å²) in [6.07, 6.45) is 4.14. The predicted octanol–water partition coefficient (Wildman–Crippen LogP) is 5.28. The molecule has 0 nitrogen and oxygen atoms in total. The minimum atomic E-state index is -0.497. The van der Waals surface area contributed by atoms with E-state index < -0.39 is 11.6 Å². The average molecular weight is 240 g/mol. The van der Waals surface area contributed by atoms with Crippen LogP contribution in [0.3, 0.4) is 0 Å². The molecule has 0 bridgehead atoms. The van der Waals surface area contributed by atoms with E-state index in [0.717, 1.165) is 31.7 Å². The average Bonchev–Trinajstić information content (AvgIpc) is 2.31. The van der Waals surface area contributed by atoms with Crippen LogP contribution in [0.1, 0.15) is 57.9 Å². The molecular formula is C15H22F2. The maximum Gasteiger partial charge on any atom is 0.129 e. The van der Waals surface area contributed by atoms with Crippen LogP contribution in [0.25, 0.3) is 0 Å². The molecule has 0 aliphatic heterocycles. The van der Waals surface area contributed by atoms with Crippen LogP contribution < -0.4 is 0 Å². The standard InChI is InChI=1S/C15H22F2/c1-4-11(3)6-7-12(5-2)14-9-8-13(16)10-15(14)17/h8-12H,4-7H2,1-3H3. The molecule has 1 aromatic rings. The summed E-state index contributed by atoms with van der Waals surface area (Å²) >= 11 is 0. The minimum absolute atomic E-state index is 0.213. The molecule has 1 rings (SSSR count). The Morgan fingerprint density at radius 1 is 1.06 bits per heavy atom. The normalized spacial score (nSPS) is 14.6. The van der Waals surface area contributed by atoms with Crippen molar-refractivity contribution in [1.82, 2.24) is 0 Å². The fraction of sp³-hybridized carbons (Fsp3) is 0.600. The van der Waals surface area contributed by atoms with Crippen LogP contribution in [0.15, 0.2) is 18.2 Å². The lowest BCUT2D eigenvalue weighted by Crippen LogP contribution is -2.04. The van der Waals surface area contributed by atoms with Crippen LogP contribution in [0.5, 0.6) is 0 Å². The minimum Gasteiger partial charge on any atom is -0.207 e. The topological polar surface area (TPSA) is 0 Å². The third-order valence-electron chi connectivity index (χ3n) is 3.60. The second kappa shape index (κ2) is 6.73. The summed E-state index contributed by atoms with van der Waals surface area (Å²) in [5.74, 6) is -0.0128. The Bertz CT molecular complexity index is 347. The maximum absolute atomic E-state index is 13.7. The quantitative estimate of drug-likeness (QED) is 0.634. The zero-order valence-electron chi connectivity index (χ0n) is 11.0. The van der Waals surface area contributed by atoms with Gasteiger partial charge in [0, 0.05) is 6.07 Å². The molecule has 2 atom stereocenters. The molecule has 0 fully saturated rings. The van der Waals surface area contributed by atoms with Crippen LogP contribution in [0, 0.1) is 17.6 Å². The van der Waals surface area contributed by atoms with Crippen LogP contribution in [-0.4, -0.2) is 0 Å². The third kappa shape index (κ3) is 4.10. The summed E-state index contributed by atoms with van der Waals surface area (Å²) in [7, 11) is 0. The Hall–Kier alpha value is -0.920. The van der Waals surface area contributed by atoms with Gasteiger partial charge in [-0.3, -0.25) is 0 Å². The molecule has 0 saturated heterocycles. The van der Waals surface area contributed by atoms with Crippen molar-refractivity contribution < 1.29 is 8.78 Å². The highest BCUT2D eigenvalue weighted by Crippen LogP contribution is 2.29. The predicted molar refractivity (Wildman–Crippen MR) is 68.1 cm³/mol. The fourth-order valence-electron chi connectivity index (χ4n) is 2.10. The molecule has 0 aliphatic rings. The first-order valence-corrected chi connectivity index (χ1v) is 6.53. The van der Waals surface area contributed by atoms with Gasteiger partial charge in [-0.2, -0.15) is 0 Å². The number of hydrogen-bond donors (Lipinski definition) is 0. The fourth-order valence-corrected chi connectivity index (χ4v) is 2.10. The second-order valence-corrected chi connectivity index (χ2v) is 4.86. The molecule has 1 aromatic carbocycles. The zero-order chi connectivity index (χ0) is 12.8. The second-order valence-electron chi connectivity index (χ2n) is 4.86. The highest BCUT2D eigenvalue weighted by Gasteiger charge is 2.15. The Labute approximate surface area is 103 Å². The molecule has 2 unspecified atom stereocenters.